The van der Waals surface area contributed by atoms with Crippen LogP contribution in [0.25, 0.3) is 0 Å². The Morgan fingerprint density at radius 2 is 1.83 bits per heavy atom. The van der Waals surface area contributed by atoms with Gasteiger partial charge in [-0.1, -0.05) is 12.1 Å². The molecule has 0 bridgehead atoms. The minimum absolute atomic E-state index is 0.0563. The topological polar surface area (TPSA) is 68.2 Å². The number of hydrogen-bond donors (Lipinski definition) is 1. The van der Waals surface area contributed by atoms with E-state index in [1.807, 2.05) is 33.8 Å². The number of para-hydroxylation sites is 2. The Bertz CT molecular complexity index is 571. The van der Waals surface area contributed by atoms with Crippen molar-refractivity contribution in [1.82, 2.24) is 0 Å². The number of carbonyl (C=O) groups is 1. The first-order chi connectivity index (χ1) is 11.3. The minimum atomic E-state index is -2.49. The summed E-state index contributed by atoms with van der Waals surface area (Å²) in [6.45, 7) is 6.07. The third-order valence-electron chi connectivity index (χ3n) is 3.00. The number of ether oxygens (including phenoxy) is 1. The molecular weight excluding hydrogens is 349 g/mol. The van der Waals surface area contributed by atoms with Crippen LogP contribution in [-0.4, -0.2) is 43.2 Å². The Morgan fingerprint density at radius 1 is 1.25 bits per heavy atom. The molecule has 1 aromatic carbocycles. The number of anilines is 1. The molecule has 1 aromatic rings. The van der Waals surface area contributed by atoms with Gasteiger partial charge in [-0.25, -0.2) is 4.79 Å². The van der Waals surface area contributed by atoms with Gasteiger partial charge in [0.25, 0.3) is 0 Å². The number of rotatable bonds is 10. The van der Waals surface area contributed by atoms with Crippen molar-refractivity contribution in [3.8, 4) is 5.75 Å². The maximum atomic E-state index is 11.7. The van der Waals surface area contributed by atoms with Crippen LogP contribution in [0, 0.1) is 0 Å². The number of benzene rings is 1. The van der Waals surface area contributed by atoms with Gasteiger partial charge in [-0.2, -0.15) is 0 Å². The Kier molecular flexibility index (Phi) is 8.70. The molecule has 8 heteroatoms. The molecule has 0 saturated carbocycles. The molecule has 1 amide bonds. The second-order valence-electron chi connectivity index (χ2n) is 5.24. The van der Waals surface area contributed by atoms with E-state index in [4.69, 9.17) is 25.6 Å². The maximum Gasteiger partial charge on any atom is 0.411 e. The van der Waals surface area contributed by atoms with E-state index < -0.39 is 12.6 Å². The van der Waals surface area contributed by atoms with E-state index >= 15 is 0 Å². The predicted molar refractivity (Wildman–Crippen MR) is 100.0 cm³/mol. The van der Waals surface area contributed by atoms with Gasteiger partial charge in [0.15, 0.2) is 6.49 Å². The average molecular weight is 375 g/mol. The normalized spacial score (nSPS) is 11.5. The second-order valence-corrected chi connectivity index (χ2v) is 9.09. The molecule has 136 valence electrons. The van der Waals surface area contributed by atoms with Crippen molar-refractivity contribution in [3.63, 3.8) is 0 Å². The van der Waals surface area contributed by atoms with E-state index in [1.54, 1.807) is 18.2 Å². The standard InChI is InChI=1S/C16H26NO5PS/c1-5-20-23(24,21-6-2)12-11-17(16(18)19)14-9-7-8-10-15(14)22-13(3)4/h7-10,13H,5-6,11-12H2,1-4H3,(H,18,19). The van der Waals surface area contributed by atoms with Crippen LogP contribution >= 0.6 is 6.49 Å². The summed E-state index contributed by atoms with van der Waals surface area (Å²) in [6.07, 6.45) is -0.782. The third kappa shape index (κ3) is 6.40. The first-order valence-corrected chi connectivity index (χ1v) is 10.8. The summed E-state index contributed by atoms with van der Waals surface area (Å²) in [4.78, 5) is 13.0. The highest BCUT2D eigenvalue weighted by Gasteiger charge is 2.24. The van der Waals surface area contributed by atoms with Crippen LogP contribution in [0.1, 0.15) is 27.7 Å². The fourth-order valence-corrected chi connectivity index (χ4v) is 4.58. The van der Waals surface area contributed by atoms with E-state index in [1.165, 1.54) is 4.90 Å². The summed E-state index contributed by atoms with van der Waals surface area (Å²) in [7, 11) is 0. The second kappa shape index (κ2) is 9.99. The van der Waals surface area contributed by atoms with Gasteiger partial charge >= 0.3 is 6.09 Å². The Balaban J connectivity index is 3.00. The number of hydrogen-bond acceptors (Lipinski definition) is 5. The first kappa shape index (κ1) is 20.9. The van der Waals surface area contributed by atoms with Crippen LogP contribution in [0.3, 0.4) is 0 Å². The highest BCUT2D eigenvalue weighted by molar-refractivity contribution is 8.09. The van der Waals surface area contributed by atoms with E-state index in [9.17, 15) is 9.90 Å². The molecule has 0 aliphatic heterocycles. The van der Waals surface area contributed by atoms with Gasteiger partial charge < -0.3 is 18.9 Å². The van der Waals surface area contributed by atoms with Crippen molar-refractivity contribution in [3.05, 3.63) is 24.3 Å². The molecule has 0 unspecified atom stereocenters. The summed E-state index contributed by atoms with van der Waals surface area (Å²) < 4.78 is 16.9. The lowest BCUT2D eigenvalue weighted by molar-refractivity contribution is 0.200. The van der Waals surface area contributed by atoms with E-state index in [0.29, 0.717) is 30.8 Å². The van der Waals surface area contributed by atoms with Crippen molar-refractivity contribution >= 4 is 30.1 Å². The zero-order valence-corrected chi connectivity index (χ0v) is 16.3. The largest absolute Gasteiger partial charge is 0.489 e. The van der Waals surface area contributed by atoms with Gasteiger partial charge in [0.2, 0.25) is 0 Å². The highest BCUT2D eigenvalue weighted by atomic mass is 32.5. The SMILES string of the molecule is CCOP(=S)(CCN(C(=O)O)c1ccccc1OC(C)C)OCC. The molecule has 1 rings (SSSR count). The lowest BCUT2D eigenvalue weighted by Crippen LogP contribution is -2.33. The molecule has 24 heavy (non-hydrogen) atoms. The quantitative estimate of drug-likeness (QED) is 0.614. The Morgan fingerprint density at radius 3 is 2.33 bits per heavy atom. The predicted octanol–water partition coefficient (Wildman–Crippen LogP) is 4.34. The summed E-state index contributed by atoms with van der Waals surface area (Å²) in [5.41, 5.74) is 0.494. The molecule has 0 heterocycles. The molecule has 0 aromatic heterocycles. The maximum absolute atomic E-state index is 11.7. The Hall–Kier alpha value is -1.14. The molecule has 0 spiro atoms. The van der Waals surface area contributed by atoms with Gasteiger partial charge in [0, 0.05) is 12.7 Å². The summed E-state index contributed by atoms with van der Waals surface area (Å²) in [5.74, 6) is 0.524. The Labute approximate surface area is 148 Å². The minimum Gasteiger partial charge on any atom is -0.489 e. The lowest BCUT2D eigenvalue weighted by Gasteiger charge is -2.26. The van der Waals surface area contributed by atoms with Crippen LogP contribution in [0.5, 0.6) is 5.75 Å². The van der Waals surface area contributed by atoms with Crippen LogP contribution in [0.2, 0.25) is 0 Å². The molecule has 0 radical (unpaired) electrons. The van der Waals surface area contributed by atoms with E-state index in [2.05, 4.69) is 0 Å². The van der Waals surface area contributed by atoms with Crippen molar-refractivity contribution in [1.29, 1.82) is 0 Å². The van der Waals surface area contributed by atoms with Crippen molar-refractivity contribution in [2.45, 2.75) is 33.8 Å². The van der Waals surface area contributed by atoms with Crippen LogP contribution in [0.4, 0.5) is 10.5 Å². The lowest BCUT2D eigenvalue weighted by atomic mass is 10.2. The van der Waals surface area contributed by atoms with Crippen molar-refractivity contribution in [2.75, 3.05) is 30.8 Å². The molecule has 6 nitrogen and oxygen atoms in total. The fraction of sp³-hybridized carbons (Fsp3) is 0.562. The summed E-state index contributed by atoms with van der Waals surface area (Å²) >= 11 is 5.47. The molecule has 0 aliphatic rings. The molecule has 0 atom stereocenters. The van der Waals surface area contributed by atoms with Crippen molar-refractivity contribution < 1.29 is 23.7 Å². The van der Waals surface area contributed by atoms with Gasteiger partial charge in [0.05, 0.1) is 25.0 Å². The zero-order chi connectivity index (χ0) is 18.2. The zero-order valence-electron chi connectivity index (χ0n) is 14.6. The van der Waals surface area contributed by atoms with Gasteiger partial charge in [-0.15, -0.1) is 0 Å². The number of nitrogens with zero attached hydrogens (tertiary/aromatic N) is 1. The van der Waals surface area contributed by atoms with Gasteiger partial charge in [0.1, 0.15) is 5.75 Å². The van der Waals surface area contributed by atoms with Gasteiger partial charge in [-0.05, 0) is 51.6 Å². The average Bonchev–Trinajstić information content (AvgIpc) is 2.48. The molecule has 0 aliphatic carbocycles. The smallest absolute Gasteiger partial charge is 0.411 e. The third-order valence-corrected chi connectivity index (χ3v) is 6.23. The molecule has 1 N–H and O–H groups in total. The van der Waals surface area contributed by atoms with Crippen LogP contribution in [0.15, 0.2) is 24.3 Å². The first-order valence-electron chi connectivity index (χ1n) is 7.97. The molecule has 0 fully saturated rings. The van der Waals surface area contributed by atoms with Gasteiger partial charge in [-0.3, -0.25) is 4.90 Å². The molecule has 0 saturated heterocycles. The fourth-order valence-electron chi connectivity index (χ4n) is 2.14. The highest BCUT2D eigenvalue weighted by Crippen LogP contribution is 2.48. The van der Waals surface area contributed by atoms with E-state index in [0.717, 1.165) is 0 Å². The van der Waals surface area contributed by atoms with E-state index in [-0.39, 0.29) is 12.6 Å². The summed E-state index contributed by atoms with van der Waals surface area (Å²) in [5, 5.41) is 9.61. The number of carboxylic acid groups (broad SMARTS) is 1. The number of amides is 1. The molecular formula is C16H26NO5PS. The van der Waals surface area contributed by atoms with Crippen LogP contribution < -0.4 is 9.64 Å². The van der Waals surface area contributed by atoms with Crippen LogP contribution in [-0.2, 0) is 20.9 Å². The van der Waals surface area contributed by atoms with Crippen molar-refractivity contribution in [2.24, 2.45) is 0 Å². The summed E-state index contributed by atoms with van der Waals surface area (Å²) in [6, 6.07) is 7.06. The monoisotopic (exact) mass is 375 g/mol.